The molecule has 2 nitrogen and oxygen atoms in total. The van der Waals surface area contributed by atoms with E-state index in [1.165, 1.54) is 11.1 Å². The molecule has 3 heteroatoms. The number of rotatable bonds is 5. The van der Waals surface area contributed by atoms with Crippen molar-refractivity contribution in [2.24, 2.45) is 4.99 Å². The minimum absolute atomic E-state index is 0.542. The molecule has 0 aliphatic carbocycles. The number of nitrogens with one attached hydrogen (secondary N) is 1. The first-order valence-electron chi connectivity index (χ1n) is 9.33. The summed E-state index contributed by atoms with van der Waals surface area (Å²) in [5.74, 6) is 0. The summed E-state index contributed by atoms with van der Waals surface area (Å²) >= 11 is 5.32. The largest absolute Gasteiger partial charge is 0.366 e. The van der Waals surface area contributed by atoms with E-state index in [1.54, 1.807) is 0 Å². The van der Waals surface area contributed by atoms with E-state index >= 15 is 0 Å². The van der Waals surface area contributed by atoms with Gasteiger partial charge in [-0.3, -0.25) is 4.99 Å². The molecule has 2 rings (SSSR count). The zero-order valence-corrected chi connectivity index (χ0v) is 18.8. The van der Waals surface area contributed by atoms with E-state index in [2.05, 4.69) is 49.2 Å². The lowest BCUT2D eigenvalue weighted by Crippen LogP contribution is -1.97. The Morgan fingerprint density at radius 1 is 1.04 bits per heavy atom. The van der Waals surface area contributed by atoms with Crippen molar-refractivity contribution < 1.29 is 0 Å². The summed E-state index contributed by atoms with van der Waals surface area (Å²) < 4.78 is 0. The van der Waals surface area contributed by atoms with Crippen LogP contribution in [0.2, 0.25) is 0 Å². The topological polar surface area (TPSA) is 24.4 Å². The smallest absolute Gasteiger partial charge is 0.107 e. The standard InChI is InChI=1S/C10H12N2.C9H10.C4H7Cl.C2H6/c1-3-9-5-4-6-10(7-9)12-8-11-2;1-3-9-6-4-5-8(2)7-9;1-3-4(2)5;1-2/h3-7,12H,1-2,8H2;3-7H,1H2,2H3;3H,1-2H3;1-2H3/b;;4-3+;. The molecule has 0 unspecified atom stereocenters. The van der Waals surface area contributed by atoms with Crippen LogP contribution in [0.5, 0.6) is 0 Å². The SMILES string of the molecule is C/C=C(\C)Cl.C=Cc1cccc(C)c1.C=Cc1cccc(NCN=C)c1.CC. The van der Waals surface area contributed by atoms with Crippen molar-refractivity contribution in [3.8, 4) is 0 Å². The molecule has 0 fully saturated rings. The van der Waals surface area contributed by atoms with Gasteiger partial charge in [-0.1, -0.05) is 98.8 Å². The van der Waals surface area contributed by atoms with Crippen molar-refractivity contribution in [2.45, 2.75) is 34.6 Å². The van der Waals surface area contributed by atoms with Crippen LogP contribution in [0.1, 0.15) is 44.4 Å². The molecule has 0 atom stereocenters. The van der Waals surface area contributed by atoms with Crippen molar-refractivity contribution in [1.29, 1.82) is 0 Å². The fraction of sp³-hybridized carbons (Fsp3) is 0.240. The third kappa shape index (κ3) is 15.7. The molecule has 0 radical (unpaired) electrons. The van der Waals surface area contributed by atoms with E-state index in [0.717, 1.165) is 16.3 Å². The molecule has 28 heavy (non-hydrogen) atoms. The van der Waals surface area contributed by atoms with Crippen LogP contribution in [0.25, 0.3) is 12.2 Å². The van der Waals surface area contributed by atoms with Gasteiger partial charge in [0, 0.05) is 10.7 Å². The maximum Gasteiger partial charge on any atom is 0.107 e. The van der Waals surface area contributed by atoms with Crippen LogP contribution in [0.3, 0.4) is 0 Å². The van der Waals surface area contributed by atoms with Gasteiger partial charge in [0.2, 0.25) is 0 Å². The molecule has 0 spiro atoms. The van der Waals surface area contributed by atoms with Gasteiger partial charge in [0.1, 0.15) is 6.67 Å². The summed E-state index contributed by atoms with van der Waals surface area (Å²) in [6.45, 7) is 21.1. The van der Waals surface area contributed by atoms with Gasteiger partial charge in [-0.15, -0.1) is 0 Å². The van der Waals surface area contributed by atoms with Gasteiger partial charge in [-0.2, -0.15) is 0 Å². The lowest BCUT2D eigenvalue weighted by Gasteiger charge is -2.02. The molecule has 2 aromatic carbocycles. The lowest BCUT2D eigenvalue weighted by atomic mass is 10.1. The number of hydrogen-bond acceptors (Lipinski definition) is 2. The Morgan fingerprint density at radius 2 is 1.54 bits per heavy atom. The number of nitrogens with zero attached hydrogens (tertiary/aromatic N) is 1. The first kappa shape index (κ1) is 27.6. The van der Waals surface area contributed by atoms with Crippen LogP contribution in [-0.4, -0.2) is 13.4 Å². The number of anilines is 1. The van der Waals surface area contributed by atoms with Crippen LogP contribution < -0.4 is 5.32 Å². The quantitative estimate of drug-likeness (QED) is 0.504. The van der Waals surface area contributed by atoms with Gasteiger partial charge in [0.05, 0.1) is 0 Å². The molecule has 0 amide bonds. The normalized spacial score (nSPS) is 9.14. The Hall–Kier alpha value is -2.58. The van der Waals surface area contributed by atoms with Gasteiger partial charge >= 0.3 is 0 Å². The zero-order valence-electron chi connectivity index (χ0n) is 18.0. The summed E-state index contributed by atoms with van der Waals surface area (Å²) in [5, 5.41) is 3.94. The van der Waals surface area contributed by atoms with Crippen LogP contribution in [-0.2, 0) is 0 Å². The molecule has 0 saturated carbocycles. The molecule has 1 N–H and O–H groups in total. The van der Waals surface area contributed by atoms with Crippen LogP contribution in [0, 0.1) is 6.92 Å². The van der Waals surface area contributed by atoms with Gasteiger partial charge in [-0.25, -0.2) is 0 Å². The molecule has 0 heterocycles. The molecule has 2 aromatic rings. The van der Waals surface area contributed by atoms with Crippen LogP contribution in [0.15, 0.2) is 77.8 Å². The molecule has 0 aliphatic heterocycles. The summed E-state index contributed by atoms with van der Waals surface area (Å²) in [5.41, 5.74) is 4.62. The monoisotopic (exact) mass is 398 g/mol. The minimum atomic E-state index is 0.542. The number of hydrogen-bond donors (Lipinski definition) is 1. The molecule has 0 saturated heterocycles. The van der Waals surface area contributed by atoms with Gasteiger partial charge < -0.3 is 5.32 Å². The Morgan fingerprint density at radius 3 is 1.93 bits per heavy atom. The van der Waals surface area contributed by atoms with E-state index in [1.807, 2.05) is 82.3 Å². The number of aryl methyl sites for hydroxylation is 1. The number of aliphatic imine (C=N–C) groups is 1. The number of halogens is 1. The summed E-state index contributed by atoms with van der Waals surface area (Å²) in [6.07, 6.45) is 5.51. The van der Waals surface area contributed by atoms with E-state index in [4.69, 9.17) is 11.6 Å². The zero-order chi connectivity index (χ0) is 21.8. The van der Waals surface area contributed by atoms with Crippen LogP contribution in [0.4, 0.5) is 5.69 Å². The summed E-state index contributed by atoms with van der Waals surface area (Å²) in [4.78, 5) is 3.70. The van der Waals surface area contributed by atoms with Crippen molar-refractivity contribution >= 4 is 36.2 Å². The fourth-order valence-corrected chi connectivity index (χ4v) is 1.72. The highest BCUT2D eigenvalue weighted by atomic mass is 35.5. The molecule has 0 aromatic heterocycles. The van der Waals surface area contributed by atoms with E-state index in [-0.39, 0.29) is 0 Å². The first-order chi connectivity index (χ1) is 13.5. The van der Waals surface area contributed by atoms with Crippen molar-refractivity contribution in [1.82, 2.24) is 0 Å². The molecule has 0 aliphatic rings. The molecular weight excluding hydrogens is 364 g/mol. The highest BCUT2D eigenvalue weighted by molar-refractivity contribution is 6.29. The predicted octanol–water partition coefficient (Wildman–Crippen LogP) is 8.21. The second-order valence-corrected chi connectivity index (χ2v) is 5.98. The Bertz CT molecular complexity index is 714. The first-order valence-corrected chi connectivity index (χ1v) is 9.71. The van der Waals surface area contributed by atoms with Gasteiger partial charge in [0.15, 0.2) is 0 Å². The predicted molar refractivity (Wildman–Crippen MR) is 132 cm³/mol. The van der Waals surface area contributed by atoms with Crippen LogP contribution >= 0.6 is 11.6 Å². The van der Waals surface area contributed by atoms with Crippen molar-refractivity contribution in [3.63, 3.8) is 0 Å². The molecular formula is C25H35ClN2. The Balaban J connectivity index is 0. The van der Waals surface area contributed by atoms with Gasteiger partial charge in [0.25, 0.3) is 0 Å². The van der Waals surface area contributed by atoms with Gasteiger partial charge in [-0.05, 0) is 50.7 Å². The third-order valence-corrected chi connectivity index (χ3v) is 3.41. The second-order valence-electron chi connectivity index (χ2n) is 5.38. The average Bonchev–Trinajstić information content (AvgIpc) is 2.74. The Kier molecular flexibility index (Phi) is 18.9. The third-order valence-electron chi connectivity index (χ3n) is 3.19. The minimum Gasteiger partial charge on any atom is -0.366 e. The number of benzene rings is 2. The van der Waals surface area contributed by atoms with E-state index < -0.39 is 0 Å². The maximum absolute atomic E-state index is 5.32. The fourth-order valence-electron chi connectivity index (χ4n) is 1.72. The van der Waals surface area contributed by atoms with E-state index in [9.17, 15) is 0 Å². The second kappa shape index (κ2) is 19.2. The highest BCUT2D eigenvalue weighted by Crippen LogP contribution is 2.10. The average molecular weight is 399 g/mol. The number of allylic oxidation sites excluding steroid dienone is 2. The molecule has 152 valence electrons. The summed E-state index contributed by atoms with van der Waals surface area (Å²) in [6, 6.07) is 16.2. The maximum atomic E-state index is 5.32. The Labute approximate surface area is 177 Å². The van der Waals surface area contributed by atoms with Crippen molar-refractivity contribution in [2.75, 3.05) is 12.0 Å². The van der Waals surface area contributed by atoms with Crippen molar-refractivity contribution in [3.05, 3.63) is 89.5 Å². The van der Waals surface area contributed by atoms with E-state index in [0.29, 0.717) is 6.67 Å². The summed E-state index contributed by atoms with van der Waals surface area (Å²) in [7, 11) is 0. The highest BCUT2D eigenvalue weighted by Gasteiger charge is 1.89. The molecule has 0 bridgehead atoms. The lowest BCUT2D eigenvalue weighted by molar-refractivity contribution is 1.16.